The van der Waals surface area contributed by atoms with Gasteiger partial charge in [-0.3, -0.25) is 0 Å². The second-order valence-electron chi connectivity index (χ2n) is 5.22. The second kappa shape index (κ2) is 8.70. The van der Waals surface area contributed by atoms with Crippen LogP contribution in [0.15, 0.2) is 18.2 Å². The highest BCUT2D eigenvalue weighted by Crippen LogP contribution is 2.31. The lowest BCUT2D eigenvalue weighted by Crippen LogP contribution is -2.36. The summed E-state index contributed by atoms with van der Waals surface area (Å²) in [6, 6.07) is 5.22. The van der Waals surface area contributed by atoms with Crippen LogP contribution in [0.4, 0.5) is 4.79 Å². The zero-order chi connectivity index (χ0) is 16.8. The summed E-state index contributed by atoms with van der Waals surface area (Å²) in [5.41, 5.74) is 0.838. The number of nitrogens with zero attached hydrogens (tertiary/aromatic N) is 1. The Morgan fingerprint density at radius 1 is 1.39 bits per heavy atom. The first kappa shape index (κ1) is 18.3. The lowest BCUT2D eigenvalue weighted by Gasteiger charge is -2.27. The van der Waals surface area contributed by atoms with Gasteiger partial charge in [0.05, 0.1) is 42.6 Å². The average Bonchev–Trinajstić information content (AvgIpc) is 2.73. The molecule has 1 saturated heterocycles. The van der Waals surface area contributed by atoms with Crippen molar-refractivity contribution in [3.8, 4) is 0 Å². The summed E-state index contributed by atoms with van der Waals surface area (Å²) < 4.78 is 11.2. The number of hydrogen-bond acceptors (Lipinski definition) is 4. The van der Waals surface area contributed by atoms with Crippen molar-refractivity contribution in [2.75, 3.05) is 39.5 Å². The summed E-state index contributed by atoms with van der Waals surface area (Å²) in [6.07, 6.45) is -1.32. The monoisotopic (exact) mass is 363 g/mol. The molecule has 8 heteroatoms. The molecule has 0 spiro atoms. The summed E-state index contributed by atoms with van der Waals surface area (Å²) in [5, 5.41) is 19.0. The number of halogens is 2. The van der Waals surface area contributed by atoms with Gasteiger partial charge in [-0.2, -0.15) is 0 Å². The van der Waals surface area contributed by atoms with Gasteiger partial charge in [0.2, 0.25) is 0 Å². The SMILES string of the molecule is O=C(O)N1CCO[C@@H](COCCO)[C@H](c2ccc(Cl)c(Cl)c2)C1. The fourth-order valence-electron chi connectivity index (χ4n) is 2.54. The fraction of sp³-hybridized carbons (Fsp3) is 0.533. The van der Waals surface area contributed by atoms with Crippen LogP contribution in [0.3, 0.4) is 0 Å². The normalized spacial score (nSPS) is 22.0. The van der Waals surface area contributed by atoms with Crippen molar-refractivity contribution >= 4 is 29.3 Å². The lowest BCUT2D eigenvalue weighted by molar-refractivity contribution is -0.0263. The molecule has 1 aliphatic heterocycles. The van der Waals surface area contributed by atoms with Crippen molar-refractivity contribution < 1.29 is 24.5 Å². The maximum atomic E-state index is 11.3. The van der Waals surface area contributed by atoms with Crippen LogP contribution in [0.5, 0.6) is 0 Å². The van der Waals surface area contributed by atoms with Crippen molar-refractivity contribution in [2.45, 2.75) is 12.0 Å². The van der Waals surface area contributed by atoms with Crippen LogP contribution >= 0.6 is 23.2 Å². The van der Waals surface area contributed by atoms with Crippen LogP contribution in [0.2, 0.25) is 10.0 Å². The number of amides is 1. The summed E-state index contributed by atoms with van der Waals surface area (Å²) in [4.78, 5) is 12.6. The standard InChI is InChI=1S/C15H19Cl2NO5/c16-12-2-1-10(7-13(12)17)11-8-18(15(20)21)3-5-23-14(11)9-22-6-4-19/h1-2,7,11,14,19H,3-6,8-9H2,(H,20,21)/t11-,14-/m0/s1. The van der Waals surface area contributed by atoms with Gasteiger partial charge >= 0.3 is 6.09 Å². The van der Waals surface area contributed by atoms with Gasteiger partial charge in [-0.05, 0) is 17.7 Å². The van der Waals surface area contributed by atoms with Crippen molar-refractivity contribution in [1.29, 1.82) is 0 Å². The molecule has 6 nitrogen and oxygen atoms in total. The molecule has 1 aromatic carbocycles. The maximum absolute atomic E-state index is 11.3. The van der Waals surface area contributed by atoms with E-state index in [4.69, 9.17) is 37.8 Å². The lowest BCUT2D eigenvalue weighted by atomic mass is 9.93. The largest absolute Gasteiger partial charge is 0.465 e. The number of benzene rings is 1. The van der Waals surface area contributed by atoms with Crippen molar-refractivity contribution in [1.82, 2.24) is 4.90 Å². The Morgan fingerprint density at radius 2 is 2.17 bits per heavy atom. The van der Waals surface area contributed by atoms with Crippen LogP contribution < -0.4 is 0 Å². The Kier molecular flexibility index (Phi) is 6.92. The third-order valence-corrected chi connectivity index (χ3v) is 4.46. The van der Waals surface area contributed by atoms with E-state index in [1.165, 1.54) is 4.90 Å². The van der Waals surface area contributed by atoms with Crippen LogP contribution in [0, 0.1) is 0 Å². The number of carbonyl (C=O) groups is 1. The Labute approximate surface area is 144 Å². The molecular weight excluding hydrogens is 345 g/mol. The molecule has 0 aromatic heterocycles. The van der Waals surface area contributed by atoms with Gasteiger partial charge in [0, 0.05) is 19.0 Å². The Morgan fingerprint density at radius 3 is 2.83 bits per heavy atom. The minimum atomic E-state index is -0.990. The Bertz CT molecular complexity index is 543. The molecule has 2 rings (SSSR count). The maximum Gasteiger partial charge on any atom is 0.407 e. The average molecular weight is 364 g/mol. The molecule has 2 N–H and O–H groups in total. The second-order valence-corrected chi connectivity index (χ2v) is 6.03. The van der Waals surface area contributed by atoms with Gasteiger partial charge < -0.3 is 24.6 Å². The number of ether oxygens (including phenoxy) is 2. The van der Waals surface area contributed by atoms with Gasteiger partial charge in [0.25, 0.3) is 0 Å². The molecule has 23 heavy (non-hydrogen) atoms. The Hall–Kier alpha value is -1.05. The van der Waals surface area contributed by atoms with Gasteiger partial charge in [0.15, 0.2) is 0 Å². The highest BCUT2D eigenvalue weighted by molar-refractivity contribution is 6.42. The molecule has 0 unspecified atom stereocenters. The molecule has 0 bridgehead atoms. The van der Waals surface area contributed by atoms with E-state index in [-0.39, 0.29) is 45.0 Å². The summed E-state index contributed by atoms with van der Waals surface area (Å²) >= 11 is 12.0. The molecule has 1 heterocycles. The van der Waals surface area contributed by atoms with Crippen molar-refractivity contribution in [3.63, 3.8) is 0 Å². The van der Waals surface area contributed by atoms with Gasteiger partial charge in [-0.1, -0.05) is 29.3 Å². The first-order chi connectivity index (χ1) is 11.0. The minimum absolute atomic E-state index is 0.0780. The molecule has 0 saturated carbocycles. The molecule has 1 aromatic rings. The van der Waals surface area contributed by atoms with E-state index in [0.717, 1.165) is 5.56 Å². The van der Waals surface area contributed by atoms with Crippen molar-refractivity contribution in [2.24, 2.45) is 0 Å². The van der Waals surface area contributed by atoms with E-state index < -0.39 is 6.09 Å². The minimum Gasteiger partial charge on any atom is -0.465 e. The summed E-state index contributed by atoms with van der Waals surface area (Å²) in [7, 11) is 0. The number of aliphatic hydroxyl groups excluding tert-OH is 1. The first-order valence-corrected chi connectivity index (χ1v) is 8.01. The molecule has 0 radical (unpaired) electrons. The topological polar surface area (TPSA) is 79.2 Å². The predicted octanol–water partition coefficient (Wildman–Crippen LogP) is 2.46. The third-order valence-electron chi connectivity index (χ3n) is 3.72. The zero-order valence-electron chi connectivity index (χ0n) is 12.5. The van der Waals surface area contributed by atoms with Crippen LogP contribution in [0.25, 0.3) is 0 Å². The fourth-order valence-corrected chi connectivity index (χ4v) is 2.85. The highest BCUT2D eigenvalue weighted by Gasteiger charge is 2.31. The van der Waals surface area contributed by atoms with E-state index in [0.29, 0.717) is 16.6 Å². The van der Waals surface area contributed by atoms with Crippen LogP contribution in [0.1, 0.15) is 11.5 Å². The van der Waals surface area contributed by atoms with Gasteiger partial charge in [0.1, 0.15) is 0 Å². The molecule has 1 amide bonds. The number of aliphatic hydroxyl groups is 1. The van der Waals surface area contributed by atoms with E-state index in [1.54, 1.807) is 12.1 Å². The van der Waals surface area contributed by atoms with E-state index >= 15 is 0 Å². The number of carboxylic acid groups (broad SMARTS) is 1. The molecule has 1 aliphatic rings. The zero-order valence-corrected chi connectivity index (χ0v) is 14.0. The van der Waals surface area contributed by atoms with E-state index in [2.05, 4.69) is 0 Å². The third kappa shape index (κ3) is 4.96. The van der Waals surface area contributed by atoms with Gasteiger partial charge in [-0.15, -0.1) is 0 Å². The Balaban J connectivity index is 2.23. The highest BCUT2D eigenvalue weighted by atomic mass is 35.5. The van der Waals surface area contributed by atoms with Crippen molar-refractivity contribution in [3.05, 3.63) is 33.8 Å². The molecule has 2 atom stereocenters. The summed E-state index contributed by atoms with van der Waals surface area (Å²) in [6.45, 7) is 1.25. The van der Waals surface area contributed by atoms with Crippen LogP contribution in [-0.2, 0) is 9.47 Å². The number of rotatable bonds is 5. The van der Waals surface area contributed by atoms with E-state index in [1.807, 2.05) is 6.07 Å². The van der Waals surface area contributed by atoms with E-state index in [9.17, 15) is 9.90 Å². The van der Waals surface area contributed by atoms with Crippen LogP contribution in [-0.4, -0.2) is 66.8 Å². The summed E-state index contributed by atoms with van der Waals surface area (Å²) in [5.74, 6) is -0.234. The molecular formula is C15H19Cl2NO5. The first-order valence-electron chi connectivity index (χ1n) is 7.26. The number of hydrogen-bond donors (Lipinski definition) is 2. The molecule has 1 fully saturated rings. The smallest absolute Gasteiger partial charge is 0.407 e. The molecule has 0 aliphatic carbocycles. The molecule has 128 valence electrons. The quantitative estimate of drug-likeness (QED) is 0.785. The van der Waals surface area contributed by atoms with Gasteiger partial charge in [-0.25, -0.2) is 4.79 Å². The predicted molar refractivity (Wildman–Crippen MR) is 86.4 cm³/mol.